The number of halogens is 1. The number of rotatable bonds is 2. The van der Waals surface area contributed by atoms with E-state index < -0.39 is 5.85 Å². The minimum atomic E-state index is -1.78. The second-order valence-corrected chi connectivity index (χ2v) is 3.15. The Balaban J connectivity index is 0.000000659. The molecule has 1 aliphatic rings. The lowest BCUT2D eigenvalue weighted by Gasteiger charge is -2.21. The molecule has 0 unspecified atom stereocenters. The molecule has 0 saturated heterocycles. The summed E-state index contributed by atoms with van der Waals surface area (Å²) < 4.78 is 19.1. The van der Waals surface area contributed by atoms with Crippen molar-refractivity contribution in [3.05, 3.63) is 67.8 Å². The molecule has 2 rings (SSSR count). The molecular formula is C16H21FO. The number of ether oxygens (including phenoxy) is 1. The van der Waals surface area contributed by atoms with E-state index in [-0.39, 0.29) is 0 Å². The first kappa shape index (κ1) is 16.2. The Hall–Kier alpha value is -1.83. The lowest BCUT2D eigenvalue weighted by atomic mass is 10.1. The predicted octanol–water partition coefficient (Wildman–Crippen LogP) is 5.08. The van der Waals surface area contributed by atoms with Gasteiger partial charge in [0.2, 0.25) is 0 Å². The number of para-hydroxylation sites is 1. The molecule has 0 N–H and O–H groups in total. The summed E-state index contributed by atoms with van der Waals surface area (Å²) in [6, 6.07) is 8.96. The summed E-state index contributed by atoms with van der Waals surface area (Å²) >= 11 is 0. The van der Waals surface area contributed by atoms with Crippen LogP contribution in [0.5, 0.6) is 5.75 Å². The Kier molecular flexibility index (Phi) is 8.29. The van der Waals surface area contributed by atoms with Crippen molar-refractivity contribution in [2.45, 2.75) is 26.1 Å². The first-order valence-corrected chi connectivity index (χ1v) is 6.07. The van der Waals surface area contributed by atoms with Crippen LogP contribution in [0, 0.1) is 0 Å². The third kappa shape index (κ3) is 5.48. The molecule has 18 heavy (non-hydrogen) atoms. The van der Waals surface area contributed by atoms with Crippen molar-refractivity contribution < 1.29 is 9.13 Å². The van der Waals surface area contributed by atoms with Gasteiger partial charge in [0.25, 0.3) is 5.85 Å². The smallest absolute Gasteiger partial charge is 0.286 e. The summed E-state index contributed by atoms with van der Waals surface area (Å²) in [5, 5.41) is 0. The largest absolute Gasteiger partial charge is 0.451 e. The second-order valence-electron chi connectivity index (χ2n) is 3.15. The van der Waals surface area contributed by atoms with Crippen molar-refractivity contribution in [1.29, 1.82) is 0 Å². The molecule has 1 aromatic rings. The van der Waals surface area contributed by atoms with Crippen LogP contribution in [0.15, 0.2) is 67.8 Å². The zero-order valence-electron chi connectivity index (χ0n) is 11.1. The molecule has 2 heteroatoms. The maximum Gasteiger partial charge on any atom is 0.286 e. The minimum absolute atomic E-state index is 0.534. The number of allylic oxidation sites excluding steroid dienone is 2. The van der Waals surface area contributed by atoms with Gasteiger partial charge in [-0.2, -0.15) is 4.39 Å². The molecule has 0 heterocycles. The van der Waals surface area contributed by atoms with E-state index >= 15 is 0 Å². The number of hydrogen-bond donors (Lipinski definition) is 0. The van der Waals surface area contributed by atoms with E-state index in [1.54, 1.807) is 24.3 Å². The third-order valence-electron chi connectivity index (χ3n) is 1.98. The van der Waals surface area contributed by atoms with E-state index in [9.17, 15) is 4.39 Å². The van der Waals surface area contributed by atoms with Crippen LogP contribution in [0.4, 0.5) is 4.39 Å². The van der Waals surface area contributed by atoms with E-state index in [4.69, 9.17) is 4.74 Å². The lowest BCUT2D eigenvalue weighted by molar-refractivity contribution is 0.0313. The standard InChI is InChI=1S/C12H11FO.C2H6.C2H4/c13-12(9-5-2-6-10-12)14-11-7-3-1-4-8-11;2*1-2/h1,3-10H,2H2;1-2H3;1-2H2. The van der Waals surface area contributed by atoms with Gasteiger partial charge in [-0.1, -0.05) is 44.2 Å². The van der Waals surface area contributed by atoms with E-state index in [2.05, 4.69) is 13.2 Å². The van der Waals surface area contributed by atoms with Gasteiger partial charge in [-0.3, -0.25) is 0 Å². The Labute approximate surface area is 109 Å². The van der Waals surface area contributed by atoms with Gasteiger partial charge in [0, 0.05) is 0 Å². The van der Waals surface area contributed by atoms with Crippen LogP contribution >= 0.6 is 0 Å². The highest BCUT2D eigenvalue weighted by atomic mass is 19.2. The molecule has 0 amide bonds. The number of hydrogen-bond acceptors (Lipinski definition) is 1. The average Bonchev–Trinajstić information content (AvgIpc) is 2.45. The first-order chi connectivity index (χ1) is 8.79. The van der Waals surface area contributed by atoms with Gasteiger partial charge in [0.15, 0.2) is 0 Å². The van der Waals surface area contributed by atoms with Gasteiger partial charge in [-0.15, -0.1) is 13.2 Å². The number of alkyl halides is 1. The van der Waals surface area contributed by atoms with Crippen molar-refractivity contribution in [3.8, 4) is 5.75 Å². The summed E-state index contributed by atoms with van der Waals surface area (Å²) in [6.07, 6.45) is 7.13. The SMILES string of the molecule is C=C.CC.FC1(Oc2ccccc2)C=CCC=C1. The molecular weight excluding hydrogens is 227 g/mol. The molecule has 0 spiro atoms. The Bertz CT molecular complexity index is 356. The van der Waals surface area contributed by atoms with Crippen molar-refractivity contribution in [2.75, 3.05) is 0 Å². The van der Waals surface area contributed by atoms with Gasteiger partial charge in [-0.05, 0) is 30.7 Å². The highest BCUT2D eigenvalue weighted by Gasteiger charge is 2.25. The van der Waals surface area contributed by atoms with Gasteiger partial charge < -0.3 is 4.74 Å². The monoisotopic (exact) mass is 248 g/mol. The van der Waals surface area contributed by atoms with Crippen LogP contribution < -0.4 is 4.74 Å². The van der Waals surface area contributed by atoms with Crippen molar-refractivity contribution >= 4 is 0 Å². The minimum Gasteiger partial charge on any atom is -0.451 e. The normalized spacial score (nSPS) is 14.6. The van der Waals surface area contributed by atoms with Crippen molar-refractivity contribution in [1.82, 2.24) is 0 Å². The summed E-state index contributed by atoms with van der Waals surface area (Å²) in [7, 11) is 0. The fourth-order valence-corrected chi connectivity index (χ4v) is 1.33. The zero-order chi connectivity index (χ0) is 13.9. The second kappa shape index (κ2) is 9.23. The van der Waals surface area contributed by atoms with Gasteiger partial charge in [0.1, 0.15) is 5.75 Å². The molecule has 0 radical (unpaired) electrons. The summed E-state index contributed by atoms with van der Waals surface area (Å²) in [5.74, 6) is -1.24. The fourth-order valence-electron chi connectivity index (χ4n) is 1.33. The van der Waals surface area contributed by atoms with E-state index in [1.165, 1.54) is 12.2 Å². The molecule has 98 valence electrons. The van der Waals surface area contributed by atoms with Crippen LogP contribution in [-0.4, -0.2) is 5.85 Å². The molecule has 1 aliphatic carbocycles. The lowest BCUT2D eigenvalue weighted by Crippen LogP contribution is -2.26. The summed E-state index contributed by atoms with van der Waals surface area (Å²) in [5.41, 5.74) is 0. The molecule has 1 nitrogen and oxygen atoms in total. The third-order valence-corrected chi connectivity index (χ3v) is 1.98. The molecule has 0 fully saturated rings. The van der Waals surface area contributed by atoms with Gasteiger partial charge in [-0.25, -0.2) is 0 Å². The van der Waals surface area contributed by atoms with Crippen molar-refractivity contribution in [2.24, 2.45) is 0 Å². The Morgan fingerprint density at radius 2 is 1.56 bits per heavy atom. The van der Waals surface area contributed by atoms with Gasteiger partial charge >= 0.3 is 0 Å². The highest BCUT2D eigenvalue weighted by molar-refractivity contribution is 5.25. The Morgan fingerprint density at radius 3 is 2.06 bits per heavy atom. The van der Waals surface area contributed by atoms with E-state index in [0.717, 1.165) is 6.42 Å². The maximum absolute atomic E-state index is 13.9. The molecule has 0 saturated carbocycles. The fraction of sp³-hybridized carbons (Fsp3) is 0.250. The van der Waals surface area contributed by atoms with Crippen LogP contribution in [0.2, 0.25) is 0 Å². The summed E-state index contributed by atoms with van der Waals surface area (Å²) in [6.45, 7) is 10.0. The van der Waals surface area contributed by atoms with Crippen LogP contribution in [0.3, 0.4) is 0 Å². The molecule has 1 aromatic carbocycles. The van der Waals surface area contributed by atoms with Crippen molar-refractivity contribution in [3.63, 3.8) is 0 Å². The van der Waals surface area contributed by atoms with Crippen LogP contribution in [0.25, 0.3) is 0 Å². The van der Waals surface area contributed by atoms with E-state index in [0.29, 0.717) is 5.75 Å². The first-order valence-electron chi connectivity index (χ1n) is 6.07. The number of benzene rings is 1. The van der Waals surface area contributed by atoms with Crippen LogP contribution in [-0.2, 0) is 0 Å². The predicted molar refractivity (Wildman–Crippen MR) is 76.4 cm³/mol. The average molecular weight is 248 g/mol. The highest BCUT2D eigenvalue weighted by Crippen LogP contribution is 2.24. The molecule has 0 aromatic heterocycles. The molecule has 0 bridgehead atoms. The maximum atomic E-state index is 13.9. The molecule has 0 aliphatic heterocycles. The quantitative estimate of drug-likeness (QED) is 0.663. The zero-order valence-corrected chi connectivity index (χ0v) is 11.1. The topological polar surface area (TPSA) is 9.23 Å². The summed E-state index contributed by atoms with van der Waals surface area (Å²) in [4.78, 5) is 0. The van der Waals surface area contributed by atoms with Crippen LogP contribution in [0.1, 0.15) is 20.3 Å². The van der Waals surface area contributed by atoms with Gasteiger partial charge in [0.05, 0.1) is 0 Å². The molecule has 0 atom stereocenters. The Morgan fingerprint density at radius 1 is 1.06 bits per heavy atom. The van der Waals surface area contributed by atoms with E-state index in [1.807, 2.05) is 32.0 Å².